The molecule has 0 radical (unpaired) electrons. The summed E-state index contributed by atoms with van der Waals surface area (Å²) in [6, 6.07) is 3.36. The lowest BCUT2D eigenvalue weighted by molar-refractivity contribution is -0.0790. The average molecular weight is 838 g/mol. The van der Waals surface area contributed by atoms with Crippen molar-refractivity contribution in [2.75, 3.05) is 72.5 Å². The third-order valence-electron chi connectivity index (χ3n) is 18.6. The van der Waals surface area contributed by atoms with Crippen LogP contribution in [0.25, 0.3) is 0 Å². The molecule has 3 aliphatic carbocycles. The van der Waals surface area contributed by atoms with Crippen LogP contribution in [0, 0.1) is 71.0 Å². The van der Waals surface area contributed by atoms with Gasteiger partial charge in [0.1, 0.15) is 0 Å². The zero-order chi connectivity index (χ0) is 43.5. The van der Waals surface area contributed by atoms with E-state index >= 15 is 0 Å². The van der Waals surface area contributed by atoms with Gasteiger partial charge in [-0.2, -0.15) is 0 Å². The van der Waals surface area contributed by atoms with E-state index in [4.69, 9.17) is 0 Å². The molecule has 5 unspecified atom stereocenters. The number of likely N-dealkylation sites (tertiary alicyclic amines) is 4. The zero-order valence-corrected chi connectivity index (χ0v) is 42.9. The molecule has 60 heavy (non-hydrogen) atoms. The molecule has 5 nitrogen and oxygen atoms in total. The molecule has 4 bridgehead atoms. The fourth-order valence-electron chi connectivity index (χ4n) is 13.8. The van der Waals surface area contributed by atoms with Gasteiger partial charge in [0.25, 0.3) is 0 Å². The van der Waals surface area contributed by atoms with E-state index in [1.165, 1.54) is 168 Å². The Balaban J connectivity index is 0.000000162. The third-order valence-corrected chi connectivity index (χ3v) is 18.6. The molecular formula is C55H107N5. The van der Waals surface area contributed by atoms with Crippen LogP contribution in [-0.2, 0) is 0 Å². The maximum atomic E-state index is 2.79. The monoisotopic (exact) mass is 838 g/mol. The van der Waals surface area contributed by atoms with Gasteiger partial charge in [-0.1, -0.05) is 93.9 Å². The highest BCUT2D eigenvalue weighted by Gasteiger charge is 2.48. The first kappa shape index (κ1) is 50.8. The standard InChI is InChI=1S/C19H36N2.C18H34N2.C9H19N.C9H18/c1-5-15(4)17-6-8-20(9-7-17)13-16-10-18-12-19(11-16)21(18)14(2)3;1-13(2)15-5-7-19(8-6-15)12-18-16-9-17(18)11-20(10-16)14(3)4;1-8(2)9-4-6-10(3)7-5-9;1-8(2)9-6-4-3-5-7-9/h14-19H,5-13H2,1-4H3;13-18H,5-12H2,1-4H3;8-9H,4-7H2,1-3H3;8-9H,3-7H2,1-2H3. The summed E-state index contributed by atoms with van der Waals surface area (Å²) in [5.41, 5.74) is 0. The Morgan fingerprint density at radius 1 is 0.467 bits per heavy atom. The summed E-state index contributed by atoms with van der Waals surface area (Å²) >= 11 is 0. The van der Waals surface area contributed by atoms with E-state index in [9.17, 15) is 0 Å². The van der Waals surface area contributed by atoms with Crippen molar-refractivity contribution < 1.29 is 0 Å². The molecule has 0 N–H and O–H groups in total. The van der Waals surface area contributed by atoms with Gasteiger partial charge >= 0.3 is 0 Å². The van der Waals surface area contributed by atoms with Crippen LogP contribution in [0.1, 0.15) is 186 Å². The second kappa shape index (κ2) is 24.9. The summed E-state index contributed by atoms with van der Waals surface area (Å²) < 4.78 is 0. The van der Waals surface area contributed by atoms with Gasteiger partial charge < -0.3 is 19.6 Å². The van der Waals surface area contributed by atoms with Crippen LogP contribution < -0.4 is 0 Å². The fourth-order valence-corrected chi connectivity index (χ4v) is 13.8. The van der Waals surface area contributed by atoms with Gasteiger partial charge in [0.05, 0.1) is 0 Å². The zero-order valence-electron chi connectivity index (χ0n) is 42.9. The highest BCUT2D eigenvalue weighted by Crippen LogP contribution is 2.47. The van der Waals surface area contributed by atoms with E-state index in [1.807, 2.05) is 0 Å². The lowest BCUT2D eigenvalue weighted by atomic mass is 9.61. The molecule has 6 heterocycles. The van der Waals surface area contributed by atoms with Crippen LogP contribution in [0.15, 0.2) is 0 Å². The Hall–Kier alpha value is -0.200. The minimum absolute atomic E-state index is 0.753. The minimum atomic E-state index is 0.753. The number of fused-ring (bicyclic) bond motifs is 4. The predicted molar refractivity (Wildman–Crippen MR) is 263 cm³/mol. The quantitative estimate of drug-likeness (QED) is 0.205. The lowest BCUT2D eigenvalue weighted by Gasteiger charge is -2.58. The molecule has 352 valence electrons. The summed E-state index contributed by atoms with van der Waals surface area (Å²) in [5, 5.41) is 0. The average Bonchev–Trinajstić information content (AvgIpc) is 3.24. The molecule has 0 aromatic rings. The Bertz CT molecular complexity index is 1110. The van der Waals surface area contributed by atoms with Crippen molar-refractivity contribution in [2.24, 2.45) is 71.0 Å². The summed E-state index contributed by atoms with van der Waals surface area (Å²) in [5.74, 6) is 11.7. The topological polar surface area (TPSA) is 16.2 Å². The summed E-state index contributed by atoms with van der Waals surface area (Å²) in [7, 11) is 2.22. The second-order valence-corrected chi connectivity index (χ2v) is 24.3. The van der Waals surface area contributed by atoms with Crippen molar-refractivity contribution in [3.05, 3.63) is 0 Å². The fraction of sp³-hybridized carbons (Fsp3) is 1.00. The van der Waals surface area contributed by atoms with Crippen LogP contribution in [-0.4, -0.2) is 121 Å². The van der Waals surface area contributed by atoms with Crippen molar-refractivity contribution in [1.29, 1.82) is 0 Å². The Labute approximate surface area is 376 Å². The highest BCUT2D eigenvalue weighted by atomic mass is 15.3. The van der Waals surface area contributed by atoms with E-state index in [0.29, 0.717) is 0 Å². The first-order valence-corrected chi connectivity index (χ1v) is 27.3. The van der Waals surface area contributed by atoms with Crippen molar-refractivity contribution in [3.63, 3.8) is 0 Å². The Kier molecular flexibility index (Phi) is 21.1. The van der Waals surface area contributed by atoms with Gasteiger partial charge in [-0.25, -0.2) is 0 Å². The van der Waals surface area contributed by atoms with Gasteiger partial charge in [-0.05, 0) is 209 Å². The molecule has 0 amide bonds. The van der Waals surface area contributed by atoms with Crippen LogP contribution >= 0.6 is 0 Å². The molecule has 9 aliphatic rings. The predicted octanol–water partition coefficient (Wildman–Crippen LogP) is 12.5. The van der Waals surface area contributed by atoms with Gasteiger partial charge in [0.15, 0.2) is 0 Å². The largest absolute Gasteiger partial charge is 0.306 e. The first-order valence-electron chi connectivity index (χ1n) is 27.3. The Morgan fingerprint density at radius 2 is 0.917 bits per heavy atom. The molecule has 6 saturated heterocycles. The van der Waals surface area contributed by atoms with Crippen molar-refractivity contribution in [1.82, 2.24) is 24.5 Å². The molecule has 0 spiro atoms. The summed E-state index contributed by atoms with van der Waals surface area (Å²) in [4.78, 5) is 13.5. The molecular weight excluding hydrogens is 731 g/mol. The number of rotatable bonds is 11. The minimum Gasteiger partial charge on any atom is -0.306 e. The number of nitrogens with zero attached hydrogens (tertiary/aromatic N) is 5. The van der Waals surface area contributed by atoms with Crippen molar-refractivity contribution >= 4 is 0 Å². The van der Waals surface area contributed by atoms with Gasteiger partial charge in [0.2, 0.25) is 0 Å². The summed E-state index contributed by atoms with van der Waals surface area (Å²) in [6.07, 6.45) is 23.4. The van der Waals surface area contributed by atoms with Crippen molar-refractivity contribution in [2.45, 2.75) is 210 Å². The normalized spacial score (nSPS) is 32.5. The molecule has 0 aromatic heterocycles. The SMILES string of the molecule is CC(C)C1CCCCC1.CC(C)C1CCN(C)CC1.CC(C)C1CCN(CC2C3CC2CN(C(C)C)C3)CC1.CCC(C)C1CCN(CC2CC3CC(C2)N3C(C)C)CC1. The molecule has 9 fully saturated rings. The number of hydrogen-bond acceptors (Lipinski definition) is 5. The molecule has 6 aliphatic heterocycles. The maximum Gasteiger partial charge on any atom is 0.0119 e. The summed E-state index contributed by atoms with van der Waals surface area (Å²) in [6.45, 7) is 42.1. The third kappa shape index (κ3) is 14.9. The van der Waals surface area contributed by atoms with E-state index in [1.54, 1.807) is 0 Å². The van der Waals surface area contributed by atoms with Crippen LogP contribution in [0.4, 0.5) is 0 Å². The molecule has 3 saturated carbocycles. The second-order valence-electron chi connectivity index (χ2n) is 24.3. The van der Waals surface area contributed by atoms with E-state index < -0.39 is 0 Å². The lowest BCUT2D eigenvalue weighted by Crippen LogP contribution is -2.63. The highest BCUT2D eigenvalue weighted by molar-refractivity contribution is 5.02. The Morgan fingerprint density at radius 3 is 1.35 bits per heavy atom. The molecule has 5 atom stereocenters. The van der Waals surface area contributed by atoms with Crippen molar-refractivity contribution in [3.8, 4) is 0 Å². The van der Waals surface area contributed by atoms with Gasteiger partial charge in [-0.3, -0.25) is 4.90 Å². The van der Waals surface area contributed by atoms with E-state index in [0.717, 1.165) is 95.2 Å². The smallest absolute Gasteiger partial charge is 0.0119 e. The van der Waals surface area contributed by atoms with Crippen LogP contribution in [0.3, 0.4) is 0 Å². The first-order chi connectivity index (χ1) is 28.6. The van der Waals surface area contributed by atoms with E-state index in [2.05, 4.69) is 115 Å². The van der Waals surface area contributed by atoms with E-state index in [-0.39, 0.29) is 0 Å². The van der Waals surface area contributed by atoms with Gasteiger partial charge in [0, 0.05) is 50.3 Å². The molecule has 0 aromatic carbocycles. The molecule has 5 heteroatoms. The molecule has 9 rings (SSSR count). The van der Waals surface area contributed by atoms with Gasteiger partial charge in [-0.15, -0.1) is 0 Å². The van der Waals surface area contributed by atoms with Crippen LogP contribution in [0.2, 0.25) is 0 Å². The number of piperidine rings is 6. The maximum absolute atomic E-state index is 2.79. The number of hydrogen-bond donors (Lipinski definition) is 0. The van der Waals surface area contributed by atoms with Crippen LogP contribution in [0.5, 0.6) is 0 Å².